The van der Waals surface area contributed by atoms with Crippen LogP contribution in [0.5, 0.6) is 0 Å². The van der Waals surface area contributed by atoms with Crippen LogP contribution >= 0.6 is 11.8 Å². The second-order valence-electron chi connectivity index (χ2n) is 6.41. The molecule has 0 aliphatic heterocycles. The Morgan fingerprint density at radius 2 is 1.71 bits per heavy atom. The van der Waals surface area contributed by atoms with E-state index in [1.165, 1.54) is 11.8 Å². The topological polar surface area (TPSA) is 114 Å². The van der Waals surface area contributed by atoms with Crippen molar-refractivity contribution < 1.29 is 23.9 Å². The van der Waals surface area contributed by atoms with Gasteiger partial charge in [0.15, 0.2) is 6.61 Å². The Bertz CT molecular complexity index is 709. The predicted molar refractivity (Wildman–Crippen MR) is 107 cm³/mol. The van der Waals surface area contributed by atoms with Crippen LogP contribution in [0.1, 0.15) is 44.5 Å². The fraction of sp³-hybridized carbons (Fsp3) is 0.474. The van der Waals surface area contributed by atoms with Gasteiger partial charge < -0.3 is 15.4 Å². The molecule has 0 aromatic heterocycles. The lowest BCUT2D eigenvalue weighted by Gasteiger charge is -2.12. The molecule has 0 radical (unpaired) electrons. The van der Waals surface area contributed by atoms with Gasteiger partial charge in [0, 0.05) is 17.0 Å². The van der Waals surface area contributed by atoms with Crippen molar-refractivity contribution in [3.8, 4) is 0 Å². The first-order valence-electron chi connectivity index (χ1n) is 9.01. The summed E-state index contributed by atoms with van der Waals surface area (Å²) >= 11 is 1.20. The fourth-order valence-corrected chi connectivity index (χ4v) is 2.85. The van der Waals surface area contributed by atoms with Gasteiger partial charge in [0.25, 0.3) is 5.91 Å². The van der Waals surface area contributed by atoms with Gasteiger partial charge in [-0.05, 0) is 39.3 Å². The smallest absolute Gasteiger partial charge is 0.339 e. The highest BCUT2D eigenvalue weighted by atomic mass is 32.2. The van der Waals surface area contributed by atoms with E-state index in [-0.39, 0.29) is 29.3 Å². The Morgan fingerprint density at radius 1 is 1.04 bits per heavy atom. The number of carbonyl (C=O) groups excluding carboxylic acids is 4. The molecule has 1 rings (SSSR count). The number of esters is 1. The number of hydrogen-bond donors (Lipinski definition) is 3. The number of ether oxygens (including phenoxy) is 1. The fourth-order valence-electron chi connectivity index (χ4n) is 2.00. The summed E-state index contributed by atoms with van der Waals surface area (Å²) in [6, 6.07) is 5.97. The molecule has 1 atom stereocenters. The SMILES string of the molecule is CC[C@H](C)NC(=O)NC(=O)COC(=O)c1ccccc1SCC(=O)NC(C)C. The minimum Gasteiger partial charge on any atom is -0.452 e. The summed E-state index contributed by atoms with van der Waals surface area (Å²) in [6.45, 7) is 6.85. The Kier molecular flexibility index (Phi) is 10.1. The van der Waals surface area contributed by atoms with Crippen molar-refractivity contribution in [2.24, 2.45) is 0 Å². The molecule has 0 saturated carbocycles. The first kappa shape index (κ1) is 23.5. The summed E-state index contributed by atoms with van der Waals surface area (Å²) in [4.78, 5) is 48.0. The maximum Gasteiger partial charge on any atom is 0.339 e. The van der Waals surface area contributed by atoms with E-state index in [1.54, 1.807) is 31.2 Å². The summed E-state index contributed by atoms with van der Waals surface area (Å²) in [5.74, 6) is -1.42. The molecule has 0 heterocycles. The lowest BCUT2D eigenvalue weighted by Crippen LogP contribution is -2.44. The van der Waals surface area contributed by atoms with E-state index in [0.29, 0.717) is 4.90 Å². The highest BCUT2D eigenvalue weighted by molar-refractivity contribution is 8.00. The zero-order valence-corrected chi connectivity index (χ0v) is 17.4. The van der Waals surface area contributed by atoms with E-state index in [2.05, 4.69) is 16.0 Å². The molecule has 1 aromatic rings. The molecule has 28 heavy (non-hydrogen) atoms. The summed E-state index contributed by atoms with van der Waals surface area (Å²) in [7, 11) is 0. The van der Waals surface area contributed by atoms with Gasteiger partial charge in [-0.2, -0.15) is 0 Å². The van der Waals surface area contributed by atoms with Crippen molar-refractivity contribution in [2.75, 3.05) is 12.4 Å². The molecule has 154 valence electrons. The number of imide groups is 1. The predicted octanol–water partition coefficient (Wildman–Crippen LogP) is 2.08. The van der Waals surface area contributed by atoms with Crippen LogP contribution in [-0.2, 0) is 14.3 Å². The Balaban J connectivity index is 2.57. The van der Waals surface area contributed by atoms with Gasteiger partial charge >= 0.3 is 12.0 Å². The largest absolute Gasteiger partial charge is 0.452 e. The molecule has 0 saturated heterocycles. The molecule has 0 aliphatic rings. The quantitative estimate of drug-likeness (QED) is 0.425. The molecule has 0 aliphatic carbocycles. The first-order valence-corrected chi connectivity index (χ1v) is 10.00. The second kappa shape index (κ2) is 12.0. The highest BCUT2D eigenvalue weighted by Crippen LogP contribution is 2.23. The Hall–Kier alpha value is -2.55. The number of carbonyl (C=O) groups is 4. The molecule has 0 unspecified atom stereocenters. The normalized spacial score (nSPS) is 11.5. The van der Waals surface area contributed by atoms with Crippen molar-refractivity contribution in [2.45, 2.75) is 51.1 Å². The zero-order chi connectivity index (χ0) is 21.1. The molecule has 0 bridgehead atoms. The van der Waals surface area contributed by atoms with Crippen LogP contribution in [-0.4, -0.2) is 48.3 Å². The van der Waals surface area contributed by atoms with Crippen LogP contribution in [0, 0.1) is 0 Å². The van der Waals surface area contributed by atoms with Crippen molar-refractivity contribution in [1.29, 1.82) is 0 Å². The van der Waals surface area contributed by atoms with Crippen LogP contribution in [0.2, 0.25) is 0 Å². The van der Waals surface area contributed by atoms with E-state index < -0.39 is 24.5 Å². The number of benzene rings is 1. The number of thioether (sulfide) groups is 1. The van der Waals surface area contributed by atoms with Crippen molar-refractivity contribution in [1.82, 2.24) is 16.0 Å². The standard InChI is InChI=1S/C19H27N3O5S/c1-5-13(4)21-19(26)22-16(23)10-27-18(25)14-8-6-7-9-15(14)28-11-17(24)20-12(2)3/h6-9,12-13H,5,10-11H2,1-4H3,(H,20,24)(H2,21,22,23,26)/t13-/m0/s1. The van der Waals surface area contributed by atoms with Gasteiger partial charge in [0.2, 0.25) is 5.91 Å². The minimum atomic E-state index is -0.726. The molecule has 8 nitrogen and oxygen atoms in total. The van der Waals surface area contributed by atoms with Gasteiger partial charge in [-0.1, -0.05) is 19.1 Å². The number of urea groups is 1. The molecular weight excluding hydrogens is 382 g/mol. The van der Waals surface area contributed by atoms with E-state index >= 15 is 0 Å². The van der Waals surface area contributed by atoms with E-state index in [4.69, 9.17) is 4.74 Å². The van der Waals surface area contributed by atoms with E-state index in [9.17, 15) is 19.2 Å². The van der Waals surface area contributed by atoms with E-state index in [0.717, 1.165) is 6.42 Å². The number of nitrogens with one attached hydrogen (secondary N) is 3. The number of rotatable bonds is 9. The molecule has 9 heteroatoms. The van der Waals surface area contributed by atoms with Crippen LogP contribution in [0.25, 0.3) is 0 Å². The lowest BCUT2D eigenvalue weighted by atomic mass is 10.2. The number of amides is 4. The summed E-state index contributed by atoms with van der Waals surface area (Å²) in [6.07, 6.45) is 0.722. The summed E-state index contributed by atoms with van der Waals surface area (Å²) in [5.41, 5.74) is 0.252. The monoisotopic (exact) mass is 409 g/mol. The highest BCUT2D eigenvalue weighted by Gasteiger charge is 2.17. The van der Waals surface area contributed by atoms with Crippen LogP contribution in [0.3, 0.4) is 0 Å². The minimum absolute atomic E-state index is 0.0318. The van der Waals surface area contributed by atoms with Gasteiger partial charge in [-0.3, -0.25) is 14.9 Å². The molecule has 1 aromatic carbocycles. The Morgan fingerprint density at radius 3 is 2.36 bits per heavy atom. The zero-order valence-electron chi connectivity index (χ0n) is 16.5. The van der Waals surface area contributed by atoms with Gasteiger partial charge in [-0.25, -0.2) is 9.59 Å². The third-order valence-electron chi connectivity index (χ3n) is 3.49. The van der Waals surface area contributed by atoms with Gasteiger partial charge in [-0.15, -0.1) is 11.8 Å². The van der Waals surface area contributed by atoms with Gasteiger partial charge in [0.05, 0.1) is 11.3 Å². The van der Waals surface area contributed by atoms with Crippen LogP contribution in [0.4, 0.5) is 4.79 Å². The third-order valence-corrected chi connectivity index (χ3v) is 4.57. The average molecular weight is 410 g/mol. The van der Waals surface area contributed by atoms with Crippen molar-refractivity contribution in [3.05, 3.63) is 29.8 Å². The number of hydrogen-bond acceptors (Lipinski definition) is 6. The van der Waals surface area contributed by atoms with Crippen molar-refractivity contribution >= 4 is 35.6 Å². The van der Waals surface area contributed by atoms with E-state index in [1.807, 2.05) is 20.8 Å². The molecule has 0 fully saturated rings. The maximum atomic E-state index is 12.3. The molecule has 3 N–H and O–H groups in total. The van der Waals surface area contributed by atoms with Crippen molar-refractivity contribution in [3.63, 3.8) is 0 Å². The van der Waals surface area contributed by atoms with Gasteiger partial charge in [0.1, 0.15) is 0 Å². The second-order valence-corrected chi connectivity index (χ2v) is 7.43. The average Bonchev–Trinajstić information content (AvgIpc) is 2.63. The summed E-state index contributed by atoms with van der Waals surface area (Å²) < 4.78 is 4.99. The Labute approximate surface area is 169 Å². The van der Waals surface area contributed by atoms with Crippen LogP contribution in [0.15, 0.2) is 29.2 Å². The lowest BCUT2D eigenvalue weighted by molar-refractivity contribution is -0.123. The van der Waals surface area contributed by atoms with Crippen LogP contribution < -0.4 is 16.0 Å². The first-order chi connectivity index (χ1) is 13.2. The molecule has 0 spiro atoms. The molecule has 4 amide bonds. The molecular formula is C19H27N3O5S. The maximum absolute atomic E-state index is 12.3. The third kappa shape index (κ3) is 8.90. The summed E-state index contributed by atoms with van der Waals surface area (Å²) in [5, 5.41) is 7.45.